The van der Waals surface area contributed by atoms with E-state index in [9.17, 15) is 13.6 Å². The maximum Gasteiger partial charge on any atom is 0.280 e. The second-order valence-electron chi connectivity index (χ2n) is 8.48. The van der Waals surface area contributed by atoms with Gasteiger partial charge in [0.25, 0.3) is 12.3 Å². The highest BCUT2D eigenvalue weighted by atomic mass is 19.3. The molecule has 9 heteroatoms. The number of para-hydroxylation sites is 2. The van der Waals surface area contributed by atoms with E-state index in [2.05, 4.69) is 15.0 Å². The molecule has 0 radical (unpaired) electrons. The van der Waals surface area contributed by atoms with Crippen LogP contribution in [0.5, 0.6) is 5.75 Å². The molecule has 4 aromatic rings. The molecular formula is C26H25F2N5O2. The molecule has 35 heavy (non-hydrogen) atoms. The van der Waals surface area contributed by atoms with Gasteiger partial charge in [0.2, 0.25) is 0 Å². The van der Waals surface area contributed by atoms with Crippen molar-refractivity contribution < 1.29 is 18.3 Å². The number of amides is 1. The molecule has 0 spiro atoms. The summed E-state index contributed by atoms with van der Waals surface area (Å²) in [5.74, 6) is 0.510. The number of aryl methyl sites for hydroxylation is 1. The van der Waals surface area contributed by atoms with E-state index in [1.807, 2.05) is 55.5 Å². The van der Waals surface area contributed by atoms with Gasteiger partial charge in [0.15, 0.2) is 5.65 Å². The summed E-state index contributed by atoms with van der Waals surface area (Å²) in [6, 6.07) is 16.5. The van der Waals surface area contributed by atoms with Crippen LogP contribution in [-0.2, 0) is 0 Å². The van der Waals surface area contributed by atoms with Gasteiger partial charge in [-0.1, -0.05) is 42.0 Å². The number of fused-ring (bicyclic) bond motifs is 1. The van der Waals surface area contributed by atoms with Gasteiger partial charge >= 0.3 is 0 Å². The van der Waals surface area contributed by atoms with Crippen LogP contribution in [0.15, 0.2) is 60.8 Å². The Morgan fingerprint density at radius 3 is 2.43 bits per heavy atom. The lowest BCUT2D eigenvalue weighted by atomic mass is 10.1. The number of carbonyl (C=O) groups excluding carboxylic acids is 1. The zero-order valence-corrected chi connectivity index (χ0v) is 19.5. The van der Waals surface area contributed by atoms with Gasteiger partial charge in [0, 0.05) is 31.7 Å². The van der Waals surface area contributed by atoms with E-state index in [1.165, 1.54) is 12.3 Å². The first-order chi connectivity index (χ1) is 17.0. The van der Waals surface area contributed by atoms with Crippen molar-refractivity contribution in [2.45, 2.75) is 13.3 Å². The molecule has 0 N–H and O–H groups in total. The van der Waals surface area contributed by atoms with Crippen molar-refractivity contribution in [3.8, 4) is 17.0 Å². The topological polar surface area (TPSA) is 63.0 Å². The van der Waals surface area contributed by atoms with Crippen LogP contribution in [0, 0.1) is 6.92 Å². The van der Waals surface area contributed by atoms with Crippen LogP contribution in [0.25, 0.3) is 16.9 Å². The van der Waals surface area contributed by atoms with Crippen LogP contribution >= 0.6 is 0 Å². The minimum atomic E-state index is -2.77. The van der Waals surface area contributed by atoms with Gasteiger partial charge in [-0.25, -0.2) is 18.3 Å². The summed E-state index contributed by atoms with van der Waals surface area (Å²) in [5, 5.41) is 4.09. The quantitative estimate of drug-likeness (QED) is 0.420. The number of ether oxygens (including phenoxy) is 1. The van der Waals surface area contributed by atoms with Gasteiger partial charge < -0.3 is 14.5 Å². The lowest BCUT2D eigenvalue weighted by Crippen LogP contribution is -2.48. The number of halogens is 2. The second-order valence-corrected chi connectivity index (χ2v) is 8.48. The van der Waals surface area contributed by atoms with Crippen molar-refractivity contribution in [1.29, 1.82) is 0 Å². The number of nitrogens with zero attached hydrogens (tertiary/aromatic N) is 5. The molecule has 5 rings (SSSR count). The zero-order chi connectivity index (χ0) is 24.5. The fourth-order valence-electron chi connectivity index (χ4n) is 4.38. The van der Waals surface area contributed by atoms with E-state index in [0.717, 1.165) is 21.5 Å². The SMILES string of the molecule is COc1ccccc1N1CCN(C(=O)c2cnn3c(C(F)F)cc(-c4ccc(C)cc4)nc23)CC1. The Hall–Kier alpha value is -4.01. The summed E-state index contributed by atoms with van der Waals surface area (Å²) in [6.45, 7) is 4.15. The molecule has 3 heterocycles. The van der Waals surface area contributed by atoms with E-state index in [1.54, 1.807) is 12.0 Å². The molecule has 0 unspecified atom stereocenters. The number of anilines is 1. The van der Waals surface area contributed by atoms with Crippen LogP contribution in [0.1, 0.15) is 28.0 Å². The molecule has 2 aromatic carbocycles. The zero-order valence-electron chi connectivity index (χ0n) is 19.5. The van der Waals surface area contributed by atoms with E-state index in [-0.39, 0.29) is 22.8 Å². The molecule has 1 aliphatic heterocycles. The smallest absolute Gasteiger partial charge is 0.280 e. The molecule has 1 aliphatic rings. The molecule has 2 aromatic heterocycles. The minimum Gasteiger partial charge on any atom is -0.495 e. The van der Waals surface area contributed by atoms with Gasteiger partial charge in [-0.3, -0.25) is 4.79 Å². The fourth-order valence-corrected chi connectivity index (χ4v) is 4.38. The Bertz CT molecular complexity index is 1360. The number of hydrogen-bond acceptors (Lipinski definition) is 5. The number of rotatable bonds is 5. The predicted octanol–water partition coefficient (Wildman–Crippen LogP) is 4.61. The molecule has 0 atom stereocenters. The lowest BCUT2D eigenvalue weighted by Gasteiger charge is -2.36. The van der Waals surface area contributed by atoms with Crippen molar-refractivity contribution in [3.05, 3.63) is 77.6 Å². The van der Waals surface area contributed by atoms with Crippen molar-refractivity contribution in [3.63, 3.8) is 0 Å². The van der Waals surface area contributed by atoms with E-state index in [4.69, 9.17) is 4.74 Å². The van der Waals surface area contributed by atoms with Gasteiger partial charge in [-0.2, -0.15) is 5.10 Å². The first kappa shape index (κ1) is 22.8. The Kier molecular flexibility index (Phi) is 6.07. The Morgan fingerprint density at radius 1 is 1.03 bits per heavy atom. The lowest BCUT2D eigenvalue weighted by molar-refractivity contribution is 0.0748. The average molecular weight is 478 g/mol. The molecule has 0 bridgehead atoms. The van der Waals surface area contributed by atoms with Crippen LogP contribution in [0.2, 0.25) is 0 Å². The van der Waals surface area contributed by atoms with Gasteiger partial charge in [0.05, 0.1) is 24.7 Å². The minimum absolute atomic E-state index is 0.135. The standard InChI is InChI=1S/C26H25F2N5O2/c1-17-7-9-18(10-8-17)20-15-22(24(27)28)33-25(30-20)19(16-29-33)26(34)32-13-11-31(12-14-32)21-5-3-4-6-23(21)35-2/h3-10,15-16,24H,11-14H2,1-2H3. The normalized spacial score (nSPS) is 14.1. The van der Waals surface area contributed by atoms with Crippen LogP contribution in [-0.4, -0.2) is 58.7 Å². The highest BCUT2D eigenvalue weighted by molar-refractivity contribution is 6.00. The fraction of sp³-hybridized carbons (Fsp3) is 0.269. The summed E-state index contributed by atoms with van der Waals surface area (Å²) < 4.78 is 34.3. The number of alkyl halides is 2. The molecule has 7 nitrogen and oxygen atoms in total. The first-order valence-corrected chi connectivity index (χ1v) is 11.4. The number of piperazine rings is 1. The number of carbonyl (C=O) groups is 1. The third kappa shape index (κ3) is 4.29. The Morgan fingerprint density at radius 2 is 1.74 bits per heavy atom. The maximum atomic E-state index is 13.9. The molecule has 0 aliphatic carbocycles. The Labute approximate surface area is 201 Å². The third-order valence-corrected chi connectivity index (χ3v) is 6.29. The van der Waals surface area contributed by atoms with E-state index in [0.29, 0.717) is 37.4 Å². The molecule has 1 amide bonds. The van der Waals surface area contributed by atoms with E-state index >= 15 is 0 Å². The van der Waals surface area contributed by atoms with Crippen LogP contribution in [0.3, 0.4) is 0 Å². The second kappa shape index (κ2) is 9.32. The monoisotopic (exact) mass is 477 g/mol. The van der Waals surface area contributed by atoms with Crippen molar-refractivity contribution in [1.82, 2.24) is 19.5 Å². The number of aromatic nitrogens is 3. The summed E-state index contributed by atoms with van der Waals surface area (Å²) >= 11 is 0. The van der Waals surface area contributed by atoms with Gasteiger partial charge in [-0.05, 0) is 25.1 Å². The molecule has 0 saturated carbocycles. The van der Waals surface area contributed by atoms with Crippen LogP contribution in [0.4, 0.5) is 14.5 Å². The Balaban J connectivity index is 1.44. The van der Waals surface area contributed by atoms with E-state index < -0.39 is 6.43 Å². The molecule has 1 saturated heterocycles. The number of benzene rings is 2. The molecular weight excluding hydrogens is 452 g/mol. The number of hydrogen-bond donors (Lipinski definition) is 0. The highest BCUT2D eigenvalue weighted by Gasteiger charge is 2.28. The van der Waals surface area contributed by atoms with Gasteiger partial charge in [0.1, 0.15) is 17.0 Å². The maximum absolute atomic E-state index is 13.9. The highest BCUT2D eigenvalue weighted by Crippen LogP contribution is 2.30. The summed E-state index contributed by atoms with van der Waals surface area (Å²) in [7, 11) is 1.63. The largest absolute Gasteiger partial charge is 0.495 e. The first-order valence-electron chi connectivity index (χ1n) is 11.4. The van der Waals surface area contributed by atoms with Gasteiger partial charge in [-0.15, -0.1) is 0 Å². The molecule has 180 valence electrons. The summed E-state index contributed by atoms with van der Waals surface area (Å²) in [5.41, 5.74) is 3.15. The van der Waals surface area contributed by atoms with Crippen LogP contribution < -0.4 is 9.64 Å². The van der Waals surface area contributed by atoms with Crippen molar-refractivity contribution in [2.75, 3.05) is 38.2 Å². The predicted molar refractivity (Wildman–Crippen MR) is 129 cm³/mol. The van der Waals surface area contributed by atoms with Crippen molar-refractivity contribution >= 4 is 17.2 Å². The summed E-state index contributed by atoms with van der Waals surface area (Å²) in [6.07, 6.45) is -1.43. The molecule has 1 fully saturated rings. The summed E-state index contributed by atoms with van der Waals surface area (Å²) in [4.78, 5) is 21.9. The third-order valence-electron chi connectivity index (χ3n) is 6.29. The average Bonchev–Trinajstić information content (AvgIpc) is 3.32. The van der Waals surface area contributed by atoms with Crippen molar-refractivity contribution in [2.24, 2.45) is 0 Å². The number of methoxy groups -OCH3 is 1.